The number of nitrogens with one attached hydrogen (secondary N) is 1. The normalized spacial score (nSPS) is 29.8. The van der Waals surface area contributed by atoms with E-state index >= 15 is 0 Å². The summed E-state index contributed by atoms with van der Waals surface area (Å²) in [5.74, 6) is 1.93. The van der Waals surface area contributed by atoms with Gasteiger partial charge in [0.25, 0.3) is 0 Å². The van der Waals surface area contributed by atoms with E-state index in [4.69, 9.17) is 10.5 Å². The SMILES string of the molecule is Nc1nc(C2CCCC2)cc(N2C[C@@H]3NCCO[C@H]3C2)n1. The lowest BCUT2D eigenvalue weighted by Crippen LogP contribution is -2.47. The maximum absolute atomic E-state index is 5.95. The molecule has 3 fully saturated rings. The third kappa shape index (κ3) is 2.58. The van der Waals surface area contributed by atoms with Gasteiger partial charge in [0.05, 0.1) is 24.4 Å². The maximum Gasteiger partial charge on any atom is 0.222 e. The molecule has 2 aliphatic heterocycles. The molecule has 0 unspecified atom stereocenters. The number of nitrogens with zero attached hydrogens (tertiary/aromatic N) is 3. The third-order valence-corrected chi connectivity index (χ3v) is 4.95. The fraction of sp³-hybridized carbons (Fsp3) is 0.733. The van der Waals surface area contributed by atoms with Crippen molar-refractivity contribution in [1.82, 2.24) is 15.3 Å². The third-order valence-electron chi connectivity index (χ3n) is 4.95. The Morgan fingerprint density at radius 3 is 2.90 bits per heavy atom. The Morgan fingerprint density at radius 2 is 2.10 bits per heavy atom. The molecule has 1 aromatic rings. The van der Waals surface area contributed by atoms with Gasteiger partial charge < -0.3 is 20.7 Å². The highest BCUT2D eigenvalue weighted by Gasteiger charge is 2.36. The van der Waals surface area contributed by atoms with Crippen molar-refractivity contribution in [1.29, 1.82) is 0 Å². The molecular weight excluding hydrogens is 266 g/mol. The van der Waals surface area contributed by atoms with Gasteiger partial charge in [-0.25, -0.2) is 4.98 Å². The first kappa shape index (κ1) is 13.3. The van der Waals surface area contributed by atoms with E-state index in [2.05, 4.69) is 26.3 Å². The van der Waals surface area contributed by atoms with Crippen LogP contribution >= 0.6 is 0 Å². The molecule has 3 N–H and O–H groups in total. The minimum atomic E-state index is 0.268. The summed E-state index contributed by atoms with van der Waals surface area (Å²) >= 11 is 0. The van der Waals surface area contributed by atoms with Crippen LogP contribution in [0.4, 0.5) is 11.8 Å². The second-order valence-electron chi connectivity index (χ2n) is 6.37. The first-order chi connectivity index (χ1) is 10.3. The van der Waals surface area contributed by atoms with E-state index in [1.165, 1.54) is 25.7 Å². The predicted octanol–water partition coefficient (Wildman–Crippen LogP) is 0.893. The van der Waals surface area contributed by atoms with Gasteiger partial charge in [0.1, 0.15) is 5.82 Å². The van der Waals surface area contributed by atoms with Gasteiger partial charge >= 0.3 is 0 Å². The summed E-state index contributed by atoms with van der Waals surface area (Å²) in [6.45, 7) is 3.56. The largest absolute Gasteiger partial charge is 0.373 e. The Morgan fingerprint density at radius 1 is 1.24 bits per heavy atom. The molecule has 0 aromatic carbocycles. The summed E-state index contributed by atoms with van der Waals surface area (Å²) in [5.41, 5.74) is 7.07. The fourth-order valence-corrected chi connectivity index (χ4v) is 3.84. The van der Waals surface area contributed by atoms with E-state index in [0.29, 0.717) is 17.9 Å². The van der Waals surface area contributed by atoms with Crippen LogP contribution in [0.25, 0.3) is 0 Å². The zero-order valence-electron chi connectivity index (χ0n) is 12.3. The van der Waals surface area contributed by atoms with Crippen LogP contribution in [0.5, 0.6) is 0 Å². The van der Waals surface area contributed by atoms with Crippen molar-refractivity contribution in [3.63, 3.8) is 0 Å². The number of anilines is 2. The zero-order valence-corrected chi connectivity index (χ0v) is 12.3. The molecule has 21 heavy (non-hydrogen) atoms. The average molecular weight is 289 g/mol. The maximum atomic E-state index is 5.95. The first-order valence-electron chi connectivity index (χ1n) is 8.04. The Hall–Kier alpha value is -1.40. The van der Waals surface area contributed by atoms with Crippen LogP contribution in [-0.2, 0) is 4.74 Å². The molecule has 3 aliphatic rings. The molecule has 0 amide bonds. The smallest absolute Gasteiger partial charge is 0.222 e. The molecule has 0 radical (unpaired) electrons. The minimum absolute atomic E-state index is 0.268. The van der Waals surface area contributed by atoms with E-state index < -0.39 is 0 Å². The fourth-order valence-electron chi connectivity index (χ4n) is 3.84. The lowest BCUT2D eigenvalue weighted by atomic mass is 10.0. The zero-order chi connectivity index (χ0) is 14.2. The summed E-state index contributed by atoms with van der Waals surface area (Å²) in [5, 5.41) is 3.52. The lowest BCUT2D eigenvalue weighted by Gasteiger charge is -2.25. The number of nitrogens with two attached hydrogens (primary N) is 1. The van der Waals surface area contributed by atoms with E-state index in [1.54, 1.807) is 0 Å². The Kier molecular flexibility index (Phi) is 3.43. The highest BCUT2D eigenvalue weighted by atomic mass is 16.5. The topological polar surface area (TPSA) is 76.3 Å². The van der Waals surface area contributed by atoms with Gasteiger partial charge in [-0.2, -0.15) is 4.98 Å². The molecule has 6 nitrogen and oxygen atoms in total. The molecule has 6 heteroatoms. The minimum Gasteiger partial charge on any atom is -0.373 e. The molecule has 2 saturated heterocycles. The molecular formula is C15H23N5O. The molecule has 114 valence electrons. The first-order valence-corrected chi connectivity index (χ1v) is 8.04. The number of aromatic nitrogens is 2. The van der Waals surface area contributed by atoms with Crippen molar-refractivity contribution < 1.29 is 4.74 Å². The molecule has 1 aliphatic carbocycles. The Balaban J connectivity index is 1.57. The van der Waals surface area contributed by atoms with Crippen LogP contribution in [0.2, 0.25) is 0 Å². The number of ether oxygens (including phenoxy) is 1. The van der Waals surface area contributed by atoms with Crippen LogP contribution in [0.1, 0.15) is 37.3 Å². The molecule has 1 aromatic heterocycles. The highest BCUT2D eigenvalue weighted by Crippen LogP contribution is 2.35. The molecule has 0 spiro atoms. The van der Waals surface area contributed by atoms with Crippen LogP contribution in [-0.4, -0.2) is 48.4 Å². The van der Waals surface area contributed by atoms with Gasteiger partial charge in [0.15, 0.2) is 0 Å². The second-order valence-corrected chi connectivity index (χ2v) is 6.37. The Bertz CT molecular complexity index is 503. The van der Waals surface area contributed by atoms with Gasteiger partial charge in [-0.1, -0.05) is 12.8 Å². The van der Waals surface area contributed by atoms with Crippen LogP contribution in [0.15, 0.2) is 6.07 Å². The molecule has 0 bridgehead atoms. The quantitative estimate of drug-likeness (QED) is 0.842. The van der Waals surface area contributed by atoms with Crippen molar-refractivity contribution in [2.75, 3.05) is 36.9 Å². The predicted molar refractivity (Wildman–Crippen MR) is 81.4 cm³/mol. The monoisotopic (exact) mass is 289 g/mol. The molecule has 4 rings (SSSR count). The molecule has 1 saturated carbocycles. The number of hydrogen-bond donors (Lipinski definition) is 2. The number of morpholine rings is 1. The van der Waals surface area contributed by atoms with Gasteiger partial charge in [-0.05, 0) is 12.8 Å². The van der Waals surface area contributed by atoms with Crippen molar-refractivity contribution in [2.24, 2.45) is 0 Å². The summed E-state index contributed by atoms with van der Waals surface area (Å²) in [7, 11) is 0. The van der Waals surface area contributed by atoms with Gasteiger partial charge in [0, 0.05) is 31.6 Å². The average Bonchev–Trinajstić information content (AvgIpc) is 3.16. The summed E-state index contributed by atoms with van der Waals surface area (Å²) in [6, 6.07) is 2.55. The van der Waals surface area contributed by atoms with E-state index in [9.17, 15) is 0 Å². The number of rotatable bonds is 2. The highest BCUT2D eigenvalue weighted by molar-refractivity contribution is 5.46. The van der Waals surface area contributed by atoms with E-state index in [1.807, 2.05) is 0 Å². The van der Waals surface area contributed by atoms with Crippen LogP contribution in [0, 0.1) is 0 Å². The molecule has 2 atom stereocenters. The van der Waals surface area contributed by atoms with Gasteiger partial charge in [-0.15, -0.1) is 0 Å². The Labute approximate surface area is 125 Å². The van der Waals surface area contributed by atoms with Crippen molar-refractivity contribution in [3.05, 3.63) is 11.8 Å². The van der Waals surface area contributed by atoms with E-state index in [0.717, 1.165) is 37.8 Å². The standard InChI is InChI=1S/C15H23N5O/c16-15-18-11(10-3-1-2-4-10)7-14(19-15)20-8-12-13(9-20)21-6-5-17-12/h7,10,12-13,17H,1-6,8-9H2,(H2,16,18,19)/t12-,13-/m0/s1. The lowest BCUT2D eigenvalue weighted by molar-refractivity contribution is 0.0212. The number of hydrogen-bond acceptors (Lipinski definition) is 6. The summed E-state index contributed by atoms with van der Waals surface area (Å²) in [6.07, 6.45) is 5.33. The van der Waals surface area contributed by atoms with Crippen LogP contribution in [0.3, 0.4) is 0 Å². The van der Waals surface area contributed by atoms with Gasteiger partial charge in [-0.3, -0.25) is 0 Å². The van der Waals surface area contributed by atoms with E-state index in [-0.39, 0.29) is 6.10 Å². The summed E-state index contributed by atoms with van der Waals surface area (Å²) in [4.78, 5) is 11.2. The second kappa shape index (κ2) is 5.42. The van der Waals surface area contributed by atoms with Gasteiger partial charge in [0.2, 0.25) is 5.95 Å². The summed E-state index contributed by atoms with van der Waals surface area (Å²) < 4.78 is 5.84. The van der Waals surface area contributed by atoms with Crippen LogP contribution < -0.4 is 16.0 Å². The molecule has 3 heterocycles. The van der Waals surface area contributed by atoms with Crippen molar-refractivity contribution >= 4 is 11.8 Å². The number of nitrogen functional groups attached to an aromatic ring is 1. The van der Waals surface area contributed by atoms with Crippen molar-refractivity contribution in [2.45, 2.75) is 43.7 Å². The number of fused-ring (bicyclic) bond motifs is 1. The van der Waals surface area contributed by atoms with Crippen molar-refractivity contribution in [3.8, 4) is 0 Å².